The zero-order valence-corrected chi connectivity index (χ0v) is 10.3. The van der Waals surface area contributed by atoms with Gasteiger partial charge in [-0.2, -0.15) is 0 Å². The van der Waals surface area contributed by atoms with E-state index in [4.69, 9.17) is 28.3 Å². The van der Waals surface area contributed by atoms with E-state index in [0.717, 1.165) is 6.07 Å². The third-order valence-corrected chi connectivity index (χ3v) is 3.13. The highest BCUT2D eigenvalue weighted by Crippen LogP contribution is 2.33. The summed E-state index contributed by atoms with van der Waals surface area (Å²) >= 11 is 11.8. The normalized spacial score (nSPS) is 10.4. The number of halogens is 3. The van der Waals surface area contributed by atoms with E-state index in [0.29, 0.717) is 16.1 Å². The zero-order chi connectivity index (χ0) is 13.3. The van der Waals surface area contributed by atoms with Crippen molar-refractivity contribution < 1.29 is 14.3 Å². The Labute approximate surface area is 112 Å². The van der Waals surface area contributed by atoms with E-state index < -0.39 is 17.5 Å². The molecule has 1 N–H and O–H groups in total. The molecular formula is C12H6Cl2FNO2. The minimum Gasteiger partial charge on any atom is -0.476 e. The molecule has 0 radical (unpaired) electrons. The maximum absolute atomic E-state index is 13.5. The molecular weight excluding hydrogens is 280 g/mol. The van der Waals surface area contributed by atoms with Crippen LogP contribution in [0.25, 0.3) is 11.1 Å². The fourth-order valence-electron chi connectivity index (χ4n) is 1.47. The van der Waals surface area contributed by atoms with Crippen LogP contribution in [0.15, 0.2) is 30.5 Å². The van der Waals surface area contributed by atoms with Gasteiger partial charge < -0.3 is 5.11 Å². The van der Waals surface area contributed by atoms with Crippen LogP contribution in [0, 0.1) is 5.82 Å². The summed E-state index contributed by atoms with van der Waals surface area (Å²) < 4.78 is 13.5. The SMILES string of the molecule is O=C(O)c1ncc(-c2cccc(Cl)c2Cl)cc1F. The molecule has 6 heteroatoms. The quantitative estimate of drug-likeness (QED) is 0.911. The Morgan fingerprint density at radius 3 is 2.67 bits per heavy atom. The van der Waals surface area contributed by atoms with Gasteiger partial charge in [0.1, 0.15) is 0 Å². The fraction of sp³-hybridized carbons (Fsp3) is 0. The van der Waals surface area contributed by atoms with Crippen molar-refractivity contribution in [3.63, 3.8) is 0 Å². The topological polar surface area (TPSA) is 50.2 Å². The highest BCUT2D eigenvalue weighted by atomic mass is 35.5. The van der Waals surface area contributed by atoms with Crippen LogP contribution < -0.4 is 0 Å². The summed E-state index contributed by atoms with van der Waals surface area (Å²) in [6, 6.07) is 5.97. The van der Waals surface area contributed by atoms with Crippen molar-refractivity contribution in [2.75, 3.05) is 0 Å². The van der Waals surface area contributed by atoms with Gasteiger partial charge in [-0.05, 0) is 12.1 Å². The smallest absolute Gasteiger partial charge is 0.357 e. The molecule has 0 atom stereocenters. The Kier molecular flexibility index (Phi) is 3.50. The Bertz CT molecular complexity index is 631. The summed E-state index contributed by atoms with van der Waals surface area (Å²) in [5, 5.41) is 9.27. The van der Waals surface area contributed by atoms with Crippen molar-refractivity contribution in [3.8, 4) is 11.1 Å². The summed E-state index contributed by atoms with van der Waals surface area (Å²) in [7, 11) is 0. The fourth-order valence-corrected chi connectivity index (χ4v) is 1.88. The molecule has 0 amide bonds. The number of rotatable bonds is 2. The first-order chi connectivity index (χ1) is 8.50. The second kappa shape index (κ2) is 4.92. The lowest BCUT2D eigenvalue weighted by Crippen LogP contribution is -2.04. The molecule has 0 bridgehead atoms. The Hall–Kier alpha value is -1.65. The van der Waals surface area contributed by atoms with Gasteiger partial charge in [-0.15, -0.1) is 0 Å². The molecule has 0 aliphatic carbocycles. The molecule has 18 heavy (non-hydrogen) atoms. The van der Waals surface area contributed by atoms with Crippen LogP contribution in [0.2, 0.25) is 10.0 Å². The number of hydrogen-bond donors (Lipinski definition) is 1. The predicted molar refractivity (Wildman–Crippen MR) is 66.6 cm³/mol. The molecule has 0 saturated carbocycles. The van der Waals surface area contributed by atoms with E-state index in [1.807, 2.05) is 0 Å². The van der Waals surface area contributed by atoms with Crippen molar-refractivity contribution in [2.24, 2.45) is 0 Å². The highest BCUT2D eigenvalue weighted by molar-refractivity contribution is 6.43. The molecule has 0 unspecified atom stereocenters. The van der Waals surface area contributed by atoms with Gasteiger partial charge in [-0.25, -0.2) is 14.2 Å². The van der Waals surface area contributed by atoms with Crippen molar-refractivity contribution in [2.45, 2.75) is 0 Å². The van der Waals surface area contributed by atoms with Crippen LogP contribution in [-0.2, 0) is 0 Å². The minimum absolute atomic E-state index is 0.267. The van der Waals surface area contributed by atoms with Crippen molar-refractivity contribution in [1.29, 1.82) is 0 Å². The molecule has 92 valence electrons. The maximum atomic E-state index is 13.5. The first-order valence-corrected chi connectivity index (χ1v) is 5.59. The third kappa shape index (κ3) is 2.30. The van der Waals surface area contributed by atoms with Gasteiger partial charge in [0.15, 0.2) is 11.5 Å². The van der Waals surface area contributed by atoms with Crippen LogP contribution >= 0.6 is 23.2 Å². The number of aromatic carboxylic acids is 1. The lowest BCUT2D eigenvalue weighted by atomic mass is 10.1. The Balaban J connectivity index is 2.56. The molecule has 2 aromatic rings. The zero-order valence-electron chi connectivity index (χ0n) is 8.82. The molecule has 0 saturated heterocycles. The average Bonchev–Trinajstić information content (AvgIpc) is 2.32. The number of pyridine rings is 1. The number of carboxylic acids is 1. The summed E-state index contributed by atoms with van der Waals surface area (Å²) in [5.74, 6) is -2.34. The Morgan fingerprint density at radius 1 is 1.33 bits per heavy atom. The number of carbonyl (C=O) groups is 1. The van der Waals surface area contributed by atoms with Gasteiger partial charge in [-0.3, -0.25) is 0 Å². The summed E-state index contributed by atoms with van der Waals surface area (Å²) in [4.78, 5) is 14.2. The van der Waals surface area contributed by atoms with Crippen molar-refractivity contribution in [3.05, 3.63) is 52.0 Å². The summed E-state index contributed by atoms with van der Waals surface area (Å²) in [6.07, 6.45) is 1.24. The average molecular weight is 286 g/mol. The Morgan fingerprint density at radius 2 is 2.06 bits per heavy atom. The molecule has 3 nitrogen and oxygen atoms in total. The summed E-state index contributed by atoms with van der Waals surface area (Å²) in [6.45, 7) is 0. The molecule has 0 aliphatic heterocycles. The van der Waals surface area contributed by atoms with Crippen molar-refractivity contribution >= 4 is 29.2 Å². The number of benzene rings is 1. The molecule has 0 aliphatic rings. The van der Waals surface area contributed by atoms with Gasteiger partial charge in [0.05, 0.1) is 10.0 Å². The molecule has 0 fully saturated rings. The highest BCUT2D eigenvalue weighted by Gasteiger charge is 2.14. The maximum Gasteiger partial charge on any atom is 0.357 e. The number of nitrogens with zero attached hydrogens (tertiary/aromatic N) is 1. The lowest BCUT2D eigenvalue weighted by Gasteiger charge is -2.06. The van der Waals surface area contributed by atoms with E-state index in [1.165, 1.54) is 6.20 Å². The molecule has 1 heterocycles. The first kappa shape index (κ1) is 12.8. The van der Waals surface area contributed by atoms with Crippen molar-refractivity contribution in [1.82, 2.24) is 4.98 Å². The van der Waals surface area contributed by atoms with Gasteiger partial charge in [0.25, 0.3) is 0 Å². The van der Waals surface area contributed by atoms with Gasteiger partial charge in [0.2, 0.25) is 0 Å². The standard InChI is InChI=1S/C12H6Cl2FNO2/c13-8-3-1-2-7(10(8)14)6-4-9(15)11(12(17)18)16-5-6/h1-5H,(H,17,18). The van der Waals surface area contributed by atoms with Gasteiger partial charge in [-0.1, -0.05) is 35.3 Å². The first-order valence-electron chi connectivity index (χ1n) is 4.84. The van der Waals surface area contributed by atoms with E-state index in [-0.39, 0.29) is 5.02 Å². The van der Waals surface area contributed by atoms with Gasteiger partial charge >= 0.3 is 5.97 Å². The summed E-state index contributed by atoms with van der Waals surface area (Å²) in [5.41, 5.74) is 0.231. The van der Waals surface area contributed by atoms with E-state index in [1.54, 1.807) is 18.2 Å². The largest absolute Gasteiger partial charge is 0.476 e. The lowest BCUT2D eigenvalue weighted by molar-refractivity contribution is 0.0685. The second-order valence-electron chi connectivity index (χ2n) is 3.46. The second-order valence-corrected chi connectivity index (χ2v) is 4.25. The van der Waals surface area contributed by atoms with Crippen LogP contribution in [0.3, 0.4) is 0 Å². The number of hydrogen-bond acceptors (Lipinski definition) is 2. The van der Waals surface area contributed by atoms with Crippen LogP contribution in [0.1, 0.15) is 10.5 Å². The van der Waals surface area contributed by atoms with Crippen LogP contribution in [-0.4, -0.2) is 16.1 Å². The monoisotopic (exact) mass is 285 g/mol. The van der Waals surface area contributed by atoms with E-state index >= 15 is 0 Å². The molecule has 2 rings (SSSR count). The predicted octanol–water partition coefficient (Wildman–Crippen LogP) is 3.89. The third-order valence-electron chi connectivity index (χ3n) is 2.31. The molecule has 0 spiro atoms. The van der Waals surface area contributed by atoms with E-state index in [9.17, 15) is 9.18 Å². The minimum atomic E-state index is -1.42. The van der Waals surface area contributed by atoms with Gasteiger partial charge in [0, 0.05) is 17.3 Å². The number of carboxylic acid groups (broad SMARTS) is 1. The van der Waals surface area contributed by atoms with E-state index in [2.05, 4.69) is 4.98 Å². The molecule has 1 aromatic carbocycles. The molecule has 1 aromatic heterocycles. The number of aromatic nitrogens is 1. The van der Waals surface area contributed by atoms with Crippen LogP contribution in [0.4, 0.5) is 4.39 Å². The van der Waals surface area contributed by atoms with Crippen LogP contribution in [0.5, 0.6) is 0 Å².